The molecule has 1 aromatic heterocycles. The molecule has 4 rings (SSSR count). The summed E-state index contributed by atoms with van der Waals surface area (Å²) in [7, 11) is -0.480. The number of nitrogens with zero attached hydrogens (tertiary/aromatic N) is 3. The highest BCUT2D eigenvalue weighted by Crippen LogP contribution is 2.37. The van der Waals surface area contributed by atoms with Crippen molar-refractivity contribution in [1.29, 1.82) is 0 Å². The maximum absolute atomic E-state index is 13.2. The number of hydrogen-bond acceptors (Lipinski definition) is 7. The Labute approximate surface area is 188 Å². The van der Waals surface area contributed by atoms with E-state index in [2.05, 4.69) is 10.1 Å². The van der Waals surface area contributed by atoms with Gasteiger partial charge in [0.2, 0.25) is 21.7 Å². The highest BCUT2D eigenvalue weighted by molar-refractivity contribution is 7.89. The van der Waals surface area contributed by atoms with Gasteiger partial charge in [-0.05, 0) is 62.1 Å². The summed E-state index contributed by atoms with van der Waals surface area (Å²) in [6, 6.07) is 10.7. The Hall–Kier alpha value is -2.91. The lowest BCUT2D eigenvalue weighted by atomic mass is 10.00. The molecule has 32 heavy (non-hydrogen) atoms. The van der Waals surface area contributed by atoms with Gasteiger partial charge in [0.15, 0.2) is 11.5 Å². The normalized spacial score (nSPS) is 17.3. The van der Waals surface area contributed by atoms with E-state index in [4.69, 9.17) is 14.0 Å². The van der Waals surface area contributed by atoms with E-state index in [9.17, 15) is 8.42 Å². The zero-order valence-electron chi connectivity index (χ0n) is 18.7. The van der Waals surface area contributed by atoms with Crippen LogP contribution in [0.5, 0.6) is 11.5 Å². The topological polar surface area (TPSA) is 94.8 Å². The highest BCUT2D eigenvalue weighted by Gasteiger charge is 2.33. The van der Waals surface area contributed by atoms with Gasteiger partial charge in [-0.15, -0.1) is 0 Å². The number of rotatable bonds is 6. The van der Waals surface area contributed by atoms with Crippen LogP contribution in [0.4, 0.5) is 0 Å². The summed E-state index contributed by atoms with van der Waals surface area (Å²) in [4.78, 5) is 4.88. The van der Waals surface area contributed by atoms with Crippen LogP contribution in [0.3, 0.4) is 0 Å². The molecule has 3 aromatic rings. The lowest BCUT2D eigenvalue weighted by Crippen LogP contribution is -2.39. The fraction of sp³-hybridized carbons (Fsp3) is 0.391. The van der Waals surface area contributed by atoms with Crippen LogP contribution in [-0.4, -0.2) is 50.2 Å². The molecule has 170 valence electrons. The number of piperidine rings is 1. The number of ether oxygens (including phenoxy) is 2. The summed E-state index contributed by atoms with van der Waals surface area (Å²) >= 11 is 0. The van der Waals surface area contributed by atoms with Gasteiger partial charge in [-0.3, -0.25) is 0 Å². The Morgan fingerprint density at radius 3 is 2.62 bits per heavy atom. The van der Waals surface area contributed by atoms with Crippen LogP contribution in [0.2, 0.25) is 0 Å². The van der Waals surface area contributed by atoms with Crippen LogP contribution in [-0.2, 0) is 10.0 Å². The molecule has 1 saturated heterocycles. The smallest absolute Gasteiger partial charge is 0.243 e. The van der Waals surface area contributed by atoms with E-state index in [1.54, 1.807) is 32.4 Å². The van der Waals surface area contributed by atoms with Gasteiger partial charge >= 0.3 is 0 Å². The fourth-order valence-corrected chi connectivity index (χ4v) is 5.57. The molecule has 0 aliphatic carbocycles. The lowest BCUT2D eigenvalue weighted by molar-refractivity contribution is 0.265. The van der Waals surface area contributed by atoms with Crippen molar-refractivity contribution in [3.05, 3.63) is 53.4 Å². The summed E-state index contributed by atoms with van der Waals surface area (Å²) < 4.78 is 44.4. The number of benzene rings is 2. The molecule has 0 radical (unpaired) electrons. The molecule has 0 N–H and O–H groups in total. The lowest BCUT2D eigenvalue weighted by Gasteiger charge is -2.30. The van der Waals surface area contributed by atoms with Gasteiger partial charge < -0.3 is 14.0 Å². The number of para-hydroxylation sites is 1. The molecule has 2 heterocycles. The number of aryl methyl sites for hydroxylation is 2. The first-order valence-corrected chi connectivity index (χ1v) is 11.9. The third kappa shape index (κ3) is 4.10. The quantitative estimate of drug-likeness (QED) is 0.553. The molecule has 1 aliphatic rings. The van der Waals surface area contributed by atoms with E-state index in [0.717, 1.165) is 24.0 Å². The van der Waals surface area contributed by atoms with Crippen LogP contribution in [0.1, 0.15) is 35.8 Å². The minimum absolute atomic E-state index is 0.178. The summed E-state index contributed by atoms with van der Waals surface area (Å²) in [5, 5.41) is 4.12. The van der Waals surface area contributed by atoms with E-state index in [-0.39, 0.29) is 5.92 Å². The Balaban J connectivity index is 1.59. The average Bonchev–Trinajstić information content (AvgIpc) is 3.30. The number of methoxy groups -OCH3 is 2. The van der Waals surface area contributed by atoms with E-state index in [1.807, 2.05) is 32.0 Å². The van der Waals surface area contributed by atoms with Crippen LogP contribution in [0.15, 0.2) is 45.8 Å². The van der Waals surface area contributed by atoms with Gasteiger partial charge in [0.25, 0.3) is 0 Å². The molecule has 1 atom stereocenters. The largest absolute Gasteiger partial charge is 0.493 e. The zero-order valence-corrected chi connectivity index (χ0v) is 19.5. The van der Waals surface area contributed by atoms with Gasteiger partial charge in [-0.25, -0.2) is 8.42 Å². The molecule has 2 aromatic carbocycles. The molecule has 8 nitrogen and oxygen atoms in total. The Bertz CT molecular complexity index is 1220. The van der Waals surface area contributed by atoms with Gasteiger partial charge in [-0.2, -0.15) is 9.29 Å². The van der Waals surface area contributed by atoms with E-state index < -0.39 is 10.0 Å². The SMILES string of the molecule is COc1cccc(-c2noc([C@H]3CCCN(S(=O)(=O)c4ccc(C)c(C)c4)C3)n2)c1OC. The van der Waals surface area contributed by atoms with Gasteiger partial charge in [0.05, 0.1) is 30.6 Å². The van der Waals surface area contributed by atoms with E-state index >= 15 is 0 Å². The molecule has 1 fully saturated rings. The second kappa shape index (κ2) is 8.91. The third-order valence-electron chi connectivity index (χ3n) is 5.94. The molecular formula is C23H27N3O5S. The van der Waals surface area contributed by atoms with Gasteiger partial charge in [-0.1, -0.05) is 17.3 Å². The van der Waals surface area contributed by atoms with Crippen molar-refractivity contribution in [1.82, 2.24) is 14.4 Å². The third-order valence-corrected chi connectivity index (χ3v) is 7.80. The first-order chi connectivity index (χ1) is 15.3. The van der Waals surface area contributed by atoms with E-state index in [1.165, 1.54) is 4.31 Å². The first-order valence-electron chi connectivity index (χ1n) is 10.5. The van der Waals surface area contributed by atoms with Crippen molar-refractivity contribution >= 4 is 10.0 Å². The molecular weight excluding hydrogens is 430 g/mol. The van der Waals surface area contributed by atoms with E-state index in [0.29, 0.717) is 46.8 Å². The summed E-state index contributed by atoms with van der Waals surface area (Å²) in [5.41, 5.74) is 2.66. The molecule has 0 unspecified atom stereocenters. The minimum Gasteiger partial charge on any atom is -0.493 e. The van der Waals surface area contributed by atoms with Crippen molar-refractivity contribution in [3.8, 4) is 22.9 Å². The molecule has 0 spiro atoms. The number of aromatic nitrogens is 2. The number of hydrogen-bond donors (Lipinski definition) is 0. The molecule has 0 amide bonds. The molecule has 0 bridgehead atoms. The van der Waals surface area contributed by atoms with Gasteiger partial charge in [0, 0.05) is 13.1 Å². The molecule has 1 aliphatic heterocycles. The Kier molecular flexibility index (Phi) is 6.21. The fourth-order valence-electron chi connectivity index (χ4n) is 3.96. The van der Waals surface area contributed by atoms with Crippen molar-refractivity contribution in [2.45, 2.75) is 37.5 Å². The van der Waals surface area contributed by atoms with Crippen LogP contribution >= 0.6 is 0 Å². The van der Waals surface area contributed by atoms with Gasteiger partial charge in [0.1, 0.15) is 0 Å². The summed E-state index contributed by atoms with van der Waals surface area (Å²) in [6.45, 7) is 4.65. The van der Waals surface area contributed by atoms with Crippen molar-refractivity contribution < 1.29 is 22.4 Å². The predicted octanol–water partition coefficient (Wildman–Crippen LogP) is 3.94. The average molecular weight is 458 g/mol. The first kappa shape index (κ1) is 22.3. The number of sulfonamides is 1. The van der Waals surface area contributed by atoms with Crippen LogP contribution in [0.25, 0.3) is 11.4 Å². The molecule has 9 heteroatoms. The second-order valence-electron chi connectivity index (χ2n) is 7.95. The monoisotopic (exact) mass is 457 g/mol. The molecule has 0 saturated carbocycles. The predicted molar refractivity (Wildman–Crippen MR) is 119 cm³/mol. The highest BCUT2D eigenvalue weighted by atomic mass is 32.2. The summed E-state index contributed by atoms with van der Waals surface area (Å²) in [6.07, 6.45) is 1.49. The Morgan fingerprint density at radius 2 is 1.91 bits per heavy atom. The maximum atomic E-state index is 13.2. The van der Waals surface area contributed by atoms with Crippen molar-refractivity contribution in [3.63, 3.8) is 0 Å². The second-order valence-corrected chi connectivity index (χ2v) is 9.88. The van der Waals surface area contributed by atoms with Crippen molar-refractivity contribution in [2.75, 3.05) is 27.3 Å². The van der Waals surface area contributed by atoms with Crippen LogP contribution < -0.4 is 9.47 Å². The summed E-state index contributed by atoms with van der Waals surface area (Å²) in [5.74, 6) is 1.71. The van der Waals surface area contributed by atoms with Crippen molar-refractivity contribution in [2.24, 2.45) is 0 Å². The Morgan fingerprint density at radius 1 is 1.09 bits per heavy atom. The maximum Gasteiger partial charge on any atom is 0.243 e. The minimum atomic E-state index is -3.60. The van der Waals surface area contributed by atoms with Crippen LogP contribution in [0, 0.1) is 13.8 Å². The zero-order chi connectivity index (χ0) is 22.9. The standard InChI is InChI=1S/C23H27N3O5S/c1-15-10-11-18(13-16(15)2)32(27,28)26-12-6-7-17(14-26)23-24-22(25-31-23)19-8-5-9-20(29-3)21(19)30-4/h5,8-11,13,17H,6-7,12,14H2,1-4H3/t17-/m0/s1.